The van der Waals surface area contributed by atoms with Crippen LogP contribution in [0.15, 0.2) is 78.0 Å². The van der Waals surface area contributed by atoms with Crippen LogP contribution in [0.1, 0.15) is 0 Å². The summed E-state index contributed by atoms with van der Waals surface area (Å²) in [5.41, 5.74) is 0.781. The molecule has 32 heavy (non-hydrogen) atoms. The van der Waals surface area contributed by atoms with Crippen molar-refractivity contribution >= 4 is 54.6 Å². The number of benzene rings is 2. The van der Waals surface area contributed by atoms with Gasteiger partial charge in [-0.1, -0.05) is 23.7 Å². The first-order chi connectivity index (χ1) is 15.1. The van der Waals surface area contributed by atoms with Gasteiger partial charge in [0.25, 0.3) is 10.0 Å². The van der Waals surface area contributed by atoms with E-state index in [2.05, 4.69) is 15.0 Å². The number of nitrogens with one attached hydrogen (secondary N) is 2. The number of hydrogen-bond donors (Lipinski definition) is 2. The van der Waals surface area contributed by atoms with Crippen LogP contribution in [-0.4, -0.2) is 40.5 Å². The zero-order valence-electron chi connectivity index (χ0n) is 16.8. The minimum Gasteiger partial charge on any atom is -0.325 e. The second-order valence-corrected chi connectivity index (χ2v) is 10.6. The van der Waals surface area contributed by atoms with Gasteiger partial charge in [-0.05, 0) is 48.5 Å². The Labute approximate surface area is 191 Å². The van der Waals surface area contributed by atoms with E-state index in [1.807, 2.05) is 0 Å². The highest BCUT2D eigenvalue weighted by molar-refractivity contribution is 7.92. The van der Waals surface area contributed by atoms with Crippen LogP contribution >= 0.6 is 11.6 Å². The van der Waals surface area contributed by atoms with Crippen LogP contribution in [0.2, 0.25) is 5.02 Å². The summed E-state index contributed by atoms with van der Waals surface area (Å²) < 4.78 is 52.6. The Morgan fingerprint density at radius 2 is 1.66 bits per heavy atom. The Morgan fingerprint density at radius 3 is 2.25 bits per heavy atom. The third-order valence-corrected chi connectivity index (χ3v) is 7.01. The molecular weight excluding hydrogens is 476 g/mol. The van der Waals surface area contributed by atoms with Gasteiger partial charge in [0, 0.05) is 11.9 Å². The molecule has 12 heteroatoms. The molecule has 0 saturated carbocycles. The molecule has 2 aromatic carbocycles. The van der Waals surface area contributed by atoms with Gasteiger partial charge >= 0.3 is 0 Å². The van der Waals surface area contributed by atoms with Gasteiger partial charge in [-0.3, -0.25) is 18.8 Å². The number of amides is 1. The number of hydrogen-bond acceptors (Lipinski definition) is 6. The Bertz CT molecular complexity index is 1320. The Morgan fingerprint density at radius 1 is 0.969 bits per heavy atom. The van der Waals surface area contributed by atoms with E-state index in [4.69, 9.17) is 11.6 Å². The fraction of sp³-hybridized carbons (Fsp3) is 0.100. The smallest absolute Gasteiger partial charge is 0.261 e. The predicted molar refractivity (Wildman–Crippen MR) is 124 cm³/mol. The summed E-state index contributed by atoms with van der Waals surface area (Å²) in [7, 11) is -7.63. The third kappa shape index (κ3) is 5.96. The van der Waals surface area contributed by atoms with Gasteiger partial charge in [0.15, 0.2) is 0 Å². The first-order valence-electron chi connectivity index (χ1n) is 9.11. The lowest BCUT2D eigenvalue weighted by molar-refractivity contribution is -0.114. The Balaban J connectivity index is 1.72. The molecule has 0 spiro atoms. The van der Waals surface area contributed by atoms with Crippen LogP contribution in [0, 0.1) is 0 Å². The fourth-order valence-corrected chi connectivity index (χ4v) is 4.92. The number of pyridine rings is 1. The molecule has 9 nitrogen and oxygen atoms in total. The molecule has 0 radical (unpaired) electrons. The average molecular weight is 495 g/mol. The Hall–Kier alpha value is -3.15. The third-order valence-electron chi connectivity index (χ3n) is 4.17. The van der Waals surface area contributed by atoms with E-state index in [0.29, 0.717) is 11.4 Å². The van der Waals surface area contributed by atoms with Crippen molar-refractivity contribution in [3.63, 3.8) is 0 Å². The maximum absolute atomic E-state index is 12.5. The van der Waals surface area contributed by atoms with E-state index in [1.54, 1.807) is 24.3 Å². The monoisotopic (exact) mass is 494 g/mol. The second kappa shape index (κ2) is 9.55. The number of sulfonamides is 2. The van der Waals surface area contributed by atoms with Gasteiger partial charge in [-0.25, -0.2) is 16.8 Å². The normalized spacial score (nSPS) is 11.6. The molecule has 3 aromatic rings. The topological polar surface area (TPSA) is 126 Å². The van der Waals surface area contributed by atoms with E-state index in [0.717, 1.165) is 10.6 Å². The van der Waals surface area contributed by atoms with Gasteiger partial charge in [0.05, 0.1) is 33.7 Å². The summed E-state index contributed by atoms with van der Waals surface area (Å²) in [4.78, 5) is 16.3. The highest BCUT2D eigenvalue weighted by Crippen LogP contribution is 2.27. The minimum atomic E-state index is -3.84. The van der Waals surface area contributed by atoms with E-state index in [9.17, 15) is 21.6 Å². The Kier molecular flexibility index (Phi) is 7.02. The van der Waals surface area contributed by atoms with E-state index in [-0.39, 0.29) is 15.6 Å². The molecule has 1 amide bonds. The molecule has 2 N–H and O–H groups in total. The number of anilines is 3. The number of halogens is 1. The van der Waals surface area contributed by atoms with Crippen molar-refractivity contribution in [2.45, 2.75) is 4.90 Å². The molecule has 0 aliphatic rings. The lowest BCUT2D eigenvalue weighted by atomic mass is 10.3. The SMILES string of the molecule is CS(=O)(=O)N(CC(=O)Nc1ccc(S(=O)(=O)Nc2cccnc2)cc1)c1ccccc1Cl. The van der Waals surface area contributed by atoms with Crippen LogP contribution in [0.25, 0.3) is 0 Å². The number of rotatable bonds is 8. The van der Waals surface area contributed by atoms with Crippen LogP contribution in [0.5, 0.6) is 0 Å². The molecule has 0 saturated heterocycles. The van der Waals surface area contributed by atoms with Gasteiger partial charge < -0.3 is 5.32 Å². The van der Waals surface area contributed by atoms with Crippen LogP contribution in [0.3, 0.4) is 0 Å². The second-order valence-electron chi connectivity index (χ2n) is 6.64. The maximum Gasteiger partial charge on any atom is 0.261 e. The van der Waals surface area contributed by atoms with Crippen LogP contribution < -0.4 is 14.3 Å². The summed E-state index contributed by atoms with van der Waals surface area (Å²) in [6.07, 6.45) is 3.86. The quantitative estimate of drug-likeness (QED) is 0.496. The average Bonchev–Trinajstić information content (AvgIpc) is 2.73. The first kappa shape index (κ1) is 23.5. The number of carbonyl (C=O) groups is 1. The van der Waals surface area contributed by atoms with E-state index < -0.39 is 32.5 Å². The highest BCUT2D eigenvalue weighted by Gasteiger charge is 2.23. The maximum atomic E-state index is 12.5. The summed E-state index contributed by atoms with van der Waals surface area (Å²) in [6.45, 7) is -0.509. The van der Waals surface area contributed by atoms with Gasteiger partial charge in [-0.2, -0.15) is 0 Å². The molecule has 0 atom stereocenters. The first-order valence-corrected chi connectivity index (χ1v) is 12.8. The zero-order valence-corrected chi connectivity index (χ0v) is 19.2. The van der Waals surface area contributed by atoms with Crippen molar-refractivity contribution in [2.24, 2.45) is 0 Å². The lowest BCUT2D eigenvalue weighted by Gasteiger charge is -2.22. The molecular formula is C20H19ClN4O5S2. The predicted octanol–water partition coefficient (Wildman–Crippen LogP) is 2.94. The van der Waals surface area contributed by atoms with Crippen molar-refractivity contribution in [1.82, 2.24) is 4.98 Å². The molecule has 168 valence electrons. The van der Waals surface area contributed by atoms with Gasteiger partial charge in [0.2, 0.25) is 15.9 Å². The molecule has 0 aliphatic heterocycles. The standard InChI is InChI=1S/C20H19ClN4O5S2/c1-31(27,28)25(19-7-3-2-6-18(19)21)14-20(26)23-15-8-10-17(11-9-15)32(29,30)24-16-5-4-12-22-13-16/h2-13,24H,14H2,1H3,(H,23,26). The number of para-hydroxylation sites is 1. The number of nitrogens with zero attached hydrogens (tertiary/aromatic N) is 2. The lowest BCUT2D eigenvalue weighted by Crippen LogP contribution is -2.37. The molecule has 0 unspecified atom stereocenters. The summed E-state index contributed by atoms with van der Waals surface area (Å²) in [5.74, 6) is -0.626. The largest absolute Gasteiger partial charge is 0.325 e. The highest BCUT2D eigenvalue weighted by atomic mass is 35.5. The molecule has 1 heterocycles. The molecule has 0 aliphatic carbocycles. The molecule has 1 aromatic heterocycles. The van der Waals surface area contributed by atoms with Gasteiger partial charge in [0.1, 0.15) is 6.54 Å². The molecule has 0 fully saturated rings. The van der Waals surface area contributed by atoms with Crippen molar-refractivity contribution in [1.29, 1.82) is 0 Å². The van der Waals surface area contributed by atoms with Crippen molar-refractivity contribution in [3.8, 4) is 0 Å². The van der Waals surface area contributed by atoms with Crippen molar-refractivity contribution in [3.05, 3.63) is 78.1 Å². The van der Waals surface area contributed by atoms with Crippen molar-refractivity contribution in [2.75, 3.05) is 27.1 Å². The van der Waals surface area contributed by atoms with Crippen molar-refractivity contribution < 1.29 is 21.6 Å². The fourth-order valence-electron chi connectivity index (χ4n) is 2.72. The summed E-state index contributed by atoms with van der Waals surface area (Å²) in [5, 5.41) is 2.73. The molecule has 0 bridgehead atoms. The van der Waals surface area contributed by atoms with Crippen LogP contribution in [0.4, 0.5) is 17.1 Å². The minimum absolute atomic E-state index is 0.0202. The summed E-state index contributed by atoms with van der Waals surface area (Å²) in [6, 6.07) is 14.8. The van der Waals surface area contributed by atoms with Gasteiger partial charge in [-0.15, -0.1) is 0 Å². The number of carbonyl (C=O) groups excluding carboxylic acids is 1. The zero-order chi connectivity index (χ0) is 23.4. The van der Waals surface area contributed by atoms with E-state index >= 15 is 0 Å². The van der Waals surface area contributed by atoms with E-state index in [1.165, 1.54) is 48.8 Å². The summed E-state index contributed by atoms with van der Waals surface area (Å²) >= 11 is 6.08. The number of aromatic nitrogens is 1. The van der Waals surface area contributed by atoms with Crippen LogP contribution in [-0.2, 0) is 24.8 Å². The molecule has 3 rings (SSSR count).